The molecule has 32 heavy (non-hydrogen) atoms. The molecule has 0 aliphatic carbocycles. The summed E-state index contributed by atoms with van der Waals surface area (Å²) in [5.41, 5.74) is 2.14. The van der Waals surface area contributed by atoms with Crippen molar-refractivity contribution in [2.24, 2.45) is 0 Å². The molecule has 1 saturated heterocycles. The van der Waals surface area contributed by atoms with Gasteiger partial charge in [-0.1, -0.05) is 60.7 Å². The van der Waals surface area contributed by atoms with Crippen LogP contribution in [0.15, 0.2) is 85.5 Å². The molecule has 0 radical (unpaired) electrons. The molecule has 3 aromatic carbocycles. The Morgan fingerprint density at radius 1 is 1.09 bits per heavy atom. The average molecular weight is 433 g/mol. The third-order valence-corrected chi connectivity index (χ3v) is 6.15. The van der Waals surface area contributed by atoms with Gasteiger partial charge in [-0.3, -0.25) is 0 Å². The fraction of sp³-hybridized carbons (Fsp3) is 0.222. The van der Waals surface area contributed by atoms with Gasteiger partial charge >= 0.3 is 6.09 Å². The van der Waals surface area contributed by atoms with Crippen LogP contribution < -0.4 is 0 Å². The lowest BCUT2D eigenvalue weighted by Gasteiger charge is -2.43. The maximum absolute atomic E-state index is 14.1. The monoisotopic (exact) mass is 433 g/mol. The van der Waals surface area contributed by atoms with Gasteiger partial charge in [0.25, 0.3) is 0 Å². The number of nitrogens with zero attached hydrogens (tertiary/aromatic N) is 1. The Morgan fingerprint density at radius 2 is 1.81 bits per heavy atom. The molecular formula is C27H25F2NO2. The van der Waals surface area contributed by atoms with Crippen LogP contribution in [-0.4, -0.2) is 17.5 Å². The van der Waals surface area contributed by atoms with Crippen molar-refractivity contribution in [1.29, 1.82) is 0 Å². The maximum Gasteiger partial charge on any atom is 0.411 e. The predicted molar refractivity (Wildman–Crippen MR) is 121 cm³/mol. The number of carbonyl (C=O) groups is 1. The summed E-state index contributed by atoms with van der Waals surface area (Å²) in [5, 5.41) is 0. The molecule has 0 N–H and O–H groups in total. The van der Waals surface area contributed by atoms with E-state index < -0.39 is 17.2 Å². The normalized spacial score (nSPS) is 19.3. The molecule has 2 atom stereocenters. The molecular weight excluding hydrogens is 408 g/mol. The summed E-state index contributed by atoms with van der Waals surface area (Å²) in [6, 6.07) is 20.4. The number of cyclic esters (lactones) is 1. The van der Waals surface area contributed by atoms with Gasteiger partial charge in [0.1, 0.15) is 17.2 Å². The van der Waals surface area contributed by atoms with Crippen LogP contribution in [0.5, 0.6) is 0 Å². The first kappa shape index (κ1) is 21.8. The van der Waals surface area contributed by atoms with E-state index in [1.54, 1.807) is 23.1 Å². The van der Waals surface area contributed by atoms with Crippen LogP contribution in [0.3, 0.4) is 0 Å². The van der Waals surface area contributed by atoms with Crippen molar-refractivity contribution in [3.8, 4) is 11.1 Å². The second-order valence-electron chi connectivity index (χ2n) is 8.09. The summed E-state index contributed by atoms with van der Waals surface area (Å²) in [7, 11) is 0. The number of hydrogen-bond acceptors (Lipinski definition) is 2. The highest BCUT2D eigenvalue weighted by atomic mass is 19.1. The SMILES string of the molecule is C=CCC1(c2ccccc2)CCN([C@@H](C)c2ccc(-c3ccc(F)cc3F)cc2)C(=O)O1. The van der Waals surface area contributed by atoms with E-state index in [1.165, 1.54) is 12.1 Å². The molecule has 1 unspecified atom stereocenters. The molecule has 4 rings (SSSR count). The molecule has 3 aromatic rings. The van der Waals surface area contributed by atoms with Crippen molar-refractivity contribution >= 4 is 6.09 Å². The van der Waals surface area contributed by atoms with Crippen molar-refractivity contribution in [2.75, 3.05) is 6.54 Å². The zero-order valence-electron chi connectivity index (χ0n) is 17.9. The molecule has 5 heteroatoms. The van der Waals surface area contributed by atoms with Gasteiger partial charge in [0.2, 0.25) is 0 Å². The highest BCUT2D eigenvalue weighted by Gasteiger charge is 2.42. The molecule has 0 spiro atoms. The van der Waals surface area contributed by atoms with Gasteiger partial charge in [0, 0.05) is 31.0 Å². The quantitative estimate of drug-likeness (QED) is 0.392. The average Bonchev–Trinajstić information content (AvgIpc) is 2.80. The zero-order chi connectivity index (χ0) is 22.7. The van der Waals surface area contributed by atoms with Gasteiger partial charge in [-0.2, -0.15) is 0 Å². The summed E-state index contributed by atoms with van der Waals surface area (Å²) in [6.45, 7) is 6.32. The van der Waals surface area contributed by atoms with Crippen LogP contribution in [0, 0.1) is 11.6 Å². The first-order valence-electron chi connectivity index (χ1n) is 10.6. The fourth-order valence-electron chi connectivity index (χ4n) is 4.31. The Morgan fingerprint density at radius 3 is 2.44 bits per heavy atom. The molecule has 0 saturated carbocycles. The van der Waals surface area contributed by atoms with Crippen molar-refractivity contribution < 1.29 is 18.3 Å². The third kappa shape index (κ3) is 4.15. The lowest BCUT2D eigenvalue weighted by atomic mass is 9.85. The first-order valence-corrected chi connectivity index (χ1v) is 10.6. The van der Waals surface area contributed by atoms with E-state index >= 15 is 0 Å². The van der Waals surface area contributed by atoms with Gasteiger partial charge in [-0.15, -0.1) is 6.58 Å². The van der Waals surface area contributed by atoms with Crippen molar-refractivity contribution in [3.05, 3.63) is 108 Å². The van der Waals surface area contributed by atoms with Gasteiger partial charge in [0.05, 0.1) is 6.04 Å². The highest BCUT2D eigenvalue weighted by molar-refractivity contribution is 5.70. The third-order valence-electron chi connectivity index (χ3n) is 6.15. The highest BCUT2D eigenvalue weighted by Crippen LogP contribution is 2.40. The van der Waals surface area contributed by atoms with E-state index in [1.807, 2.05) is 49.4 Å². The largest absolute Gasteiger partial charge is 0.437 e. The number of hydrogen-bond donors (Lipinski definition) is 0. The molecule has 0 aromatic heterocycles. The molecule has 1 heterocycles. The minimum atomic E-state index is -0.708. The summed E-state index contributed by atoms with van der Waals surface area (Å²) < 4.78 is 33.3. The second kappa shape index (κ2) is 8.95. The van der Waals surface area contributed by atoms with Gasteiger partial charge in [-0.05, 0) is 35.7 Å². The van der Waals surface area contributed by atoms with E-state index in [0.29, 0.717) is 30.5 Å². The lowest BCUT2D eigenvalue weighted by Crippen LogP contribution is -2.48. The molecule has 164 valence electrons. The van der Waals surface area contributed by atoms with Crippen LogP contribution in [0.4, 0.5) is 13.6 Å². The van der Waals surface area contributed by atoms with Gasteiger partial charge in [-0.25, -0.2) is 13.6 Å². The Balaban J connectivity index is 1.52. The number of benzene rings is 3. The zero-order valence-corrected chi connectivity index (χ0v) is 17.9. The second-order valence-corrected chi connectivity index (χ2v) is 8.09. The van der Waals surface area contributed by atoms with Crippen molar-refractivity contribution in [3.63, 3.8) is 0 Å². The Labute approximate surface area is 187 Å². The number of halogens is 2. The predicted octanol–water partition coefficient (Wildman–Crippen LogP) is 7.01. The van der Waals surface area contributed by atoms with Crippen LogP contribution in [0.2, 0.25) is 0 Å². The minimum absolute atomic E-state index is 0.216. The van der Waals surface area contributed by atoms with E-state index in [9.17, 15) is 13.6 Å². The van der Waals surface area contributed by atoms with E-state index in [2.05, 4.69) is 6.58 Å². The minimum Gasteiger partial charge on any atom is -0.437 e. The molecule has 1 aliphatic heterocycles. The summed E-state index contributed by atoms with van der Waals surface area (Å²) in [4.78, 5) is 14.7. The lowest BCUT2D eigenvalue weighted by molar-refractivity contribution is -0.0588. The Hall–Kier alpha value is -3.47. The smallest absolute Gasteiger partial charge is 0.411 e. The summed E-state index contributed by atoms with van der Waals surface area (Å²) in [6.07, 6.45) is 2.61. The van der Waals surface area contributed by atoms with Crippen LogP contribution in [0.25, 0.3) is 11.1 Å². The first-order chi connectivity index (χ1) is 15.4. The van der Waals surface area contributed by atoms with E-state index in [4.69, 9.17) is 4.74 Å². The van der Waals surface area contributed by atoms with Crippen molar-refractivity contribution in [2.45, 2.75) is 31.4 Å². The Bertz CT molecular complexity index is 1110. The van der Waals surface area contributed by atoms with Crippen molar-refractivity contribution in [1.82, 2.24) is 4.90 Å². The number of amides is 1. The number of rotatable bonds is 6. The number of carbonyl (C=O) groups excluding carboxylic acids is 1. The Kier molecular flexibility index (Phi) is 6.08. The van der Waals surface area contributed by atoms with Crippen LogP contribution in [0.1, 0.15) is 36.9 Å². The van der Waals surface area contributed by atoms with Crippen LogP contribution >= 0.6 is 0 Å². The van der Waals surface area contributed by atoms with Gasteiger partial charge < -0.3 is 9.64 Å². The molecule has 0 bridgehead atoms. The fourth-order valence-corrected chi connectivity index (χ4v) is 4.31. The molecule has 1 aliphatic rings. The maximum atomic E-state index is 14.1. The van der Waals surface area contributed by atoms with Gasteiger partial charge in [0.15, 0.2) is 0 Å². The molecule has 3 nitrogen and oxygen atoms in total. The number of ether oxygens (including phenoxy) is 1. The molecule has 1 fully saturated rings. The van der Waals surface area contributed by atoms with E-state index in [0.717, 1.165) is 17.2 Å². The van der Waals surface area contributed by atoms with E-state index in [-0.39, 0.29) is 12.1 Å². The van der Waals surface area contributed by atoms with Crippen LogP contribution in [-0.2, 0) is 10.3 Å². The summed E-state index contributed by atoms with van der Waals surface area (Å²) in [5.74, 6) is -1.21. The standard InChI is InChI=1S/C27H25F2NO2/c1-3-15-27(22-7-5-4-6-8-22)16-17-30(26(31)32-27)19(2)20-9-11-21(12-10-20)24-14-13-23(28)18-25(24)29/h3-14,18-19H,1,15-17H2,2H3/t19-,27?/m0/s1. The topological polar surface area (TPSA) is 29.5 Å². The molecule has 1 amide bonds. The summed E-state index contributed by atoms with van der Waals surface area (Å²) >= 11 is 0.